The van der Waals surface area contributed by atoms with Crippen molar-refractivity contribution in [3.05, 3.63) is 30.1 Å². The summed E-state index contributed by atoms with van der Waals surface area (Å²) in [5, 5.41) is 3.12. The Labute approximate surface area is 78.2 Å². The van der Waals surface area contributed by atoms with Gasteiger partial charge in [0.2, 0.25) is 0 Å². The number of hydrogen-bond donors (Lipinski definition) is 1. The SMILES string of the molecule is CC(=O)CNC(C)c1ccncc1. The van der Waals surface area contributed by atoms with E-state index in [-0.39, 0.29) is 11.8 Å². The average Bonchev–Trinajstić information content (AvgIpc) is 2.15. The summed E-state index contributed by atoms with van der Waals surface area (Å²) in [6, 6.07) is 4.09. The molecule has 0 aliphatic rings. The van der Waals surface area contributed by atoms with E-state index in [9.17, 15) is 4.79 Å². The van der Waals surface area contributed by atoms with Crippen molar-refractivity contribution in [3.63, 3.8) is 0 Å². The van der Waals surface area contributed by atoms with Crippen LogP contribution in [0.1, 0.15) is 25.5 Å². The first kappa shape index (κ1) is 9.86. The third kappa shape index (κ3) is 3.34. The Kier molecular flexibility index (Phi) is 3.58. The number of carbonyl (C=O) groups is 1. The highest BCUT2D eigenvalue weighted by atomic mass is 16.1. The molecular formula is C10H14N2O. The van der Waals surface area contributed by atoms with E-state index < -0.39 is 0 Å². The Morgan fingerprint density at radius 3 is 2.69 bits per heavy atom. The summed E-state index contributed by atoms with van der Waals surface area (Å²) in [6.45, 7) is 4.02. The Balaban J connectivity index is 2.49. The number of pyridine rings is 1. The minimum atomic E-state index is 0.154. The Morgan fingerprint density at radius 1 is 1.54 bits per heavy atom. The van der Waals surface area contributed by atoms with E-state index in [2.05, 4.69) is 10.3 Å². The Bertz CT molecular complexity index is 272. The maximum absolute atomic E-state index is 10.7. The molecule has 0 aromatic carbocycles. The third-order valence-corrected chi connectivity index (χ3v) is 1.86. The second-order valence-electron chi connectivity index (χ2n) is 3.09. The lowest BCUT2D eigenvalue weighted by Gasteiger charge is -2.12. The molecule has 1 rings (SSSR count). The standard InChI is InChI=1S/C10H14N2O/c1-8(13)7-12-9(2)10-3-5-11-6-4-10/h3-6,9,12H,7H2,1-2H3. The van der Waals surface area contributed by atoms with Crippen molar-refractivity contribution < 1.29 is 4.79 Å². The molecule has 0 spiro atoms. The second kappa shape index (κ2) is 4.72. The largest absolute Gasteiger partial charge is 0.303 e. The van der Waals surface area contributed by atoms with Gasteiger partial charge in [0.05, 0.1) is 6.54 Å². The van der Waals surface area contributed by atoms with Gasteiger partial charge in [-0.05, 0) is 31.5 Å². The smallest absolute Gasteiger partial charge is 0.143 e. The zero-order valence-electron chi connectivity index (χ0n) is 7.95. The number of Topliss-reactive ketones (excluding diaryl/α,β-unsaturated/α-hetero) is 1. The van der Waals surface area contributed by atoms with E-state index in [4.69, 9.17) is 0 Å². The molecule has 0 aliphatic heterocycles. The molecule has 0 radical (unpaired) electrons. The van der Waals surface area contributed by atoms with E-state index in [0.29, 0.717) is 6.54 Å². The molecule has 3 heteroatoms. The first-order valence-electron chi connectivity index (χ1n) is 4.33. The molecular weight excluding hydrogens is 164 g/mol. The normalized spacial score (nSPS) is 12.5. The van der Waals surface area contributed by atoms with Crippen LogP contribution in [0.25, 0.3) is 0 Å². The van der Waals surface area contributed by atoms with Gasteiger partial charge < -0.3 is 5.32 Å². The molecule has 1 aromatic heterocycles. The maximum atomic E-state index is 10.7. The maximum Gasteiger partial charge on any atom is 0.143 e. The van der Waals surface area contributed by atoms with Crippen molar-refractivity contribution in [2.24, 2.45) is 0 Å². The quantitative estimate of drug-likeness (QED) is 0.756. The first-order valence-corrected chi connectivity index (χ1v) is 4.33. The van der Waals surface area contributed by atoms with Gasteiger partial charge in [0.15, 0.2) is 0 Å². The number of rotatable bonds is 4. The molecule has 3 nitrogen and oxygen atoms in total. The highest BCUT2D eigenvalue weighted by Gasteiger charge is 2.03. The number of aromatic nitrogens is 1. The van der Waals surface area contributed by atoms with Crippen LogP contribution in [0.5, 0.6) is 0 Å². The Morgan fingerprint density at radius 2 is 2.15 bits per heavy atom. The Hall–Kier alpha value is -1.22. The fraction of sp³-hybridized carbons (Fsp3) is 0.400. The van der Waals surface area contributed by atoms with Crippen LogP contribution in [0.4, 0.5) is 0 Å². The molecule has 0 saturated carbocycles. The minimum absolute atomic E-state index is 0.154. The monoisotopic (exact) mass is 178 g/mol. The van der Waals surface area contributed by atoms with E-state index in [0.717, 1.165) is 5.56 Å². The van der Waals surface area contributed by atoms with Gasteiger partial charge >= 0.3 is 0 Å². The van der Waals surface area contributed by atoms with Crippen LogP contribution >= 0.6 is 0 Å². The van der Waals surface area contributed by atoms with E-state index >= 15 is 0 Å². The first-order chi connectivity index (χ1) is 6.20. The van der Waals surface area contributed by atoms with Crippen molar-refractivity contribution in [2.45, 2.75) is 19.9 Å². The molecule has 1 N–H and O–H groups in total. The molecule has 1 heterocycles. The molecule has 0 aliphatic carbocycles. The lowest BCUT2D eigenvalue weighted by molar-refractivity contribution is -0.116. The zero-order valence-corrected chi connectivity index (χ0v) is 7.95. The number of hydrogen-bond acceptors (Lipinski definition) is 3. The van der Waals surface area contributed by atoms with Gasteiger partial charge in [0, 0.05) is 18.4 Å². The number of nitrogens with one attached hydrogen (secondary N) is 1. The van der Waals surface area contributed by atoms with E-state index in [1.54, 1.807) is 19.3 Å². The number of nitrogens with zero attached hydrogens (tertiary/aromatic N) is 1. The fourth-order valence-corrected chi connectivity index (χ4v) is 1.07. The number of carbonyl (C=O) groups excluding carboxylic acids is 1. The van der Waals surface area contributed by atoms with Crippen LogP contribution in [0.3, 0.4) is 0 Å². The molecule has 0 saturated heterocycles. The van der Waals surface area contributed by atoms with E-state index in [1.807, 2.05) is 19.1 Å². The lowest BCUT2D eigenvalue weighted by Crippen LogP contribution is -2.24. The van der Waals surface area contributed by atoms with Gasteiger partial charge in [-0.1, -0.05) is 0 Å². The van der Waals surface area contributed by atoms with Crippen LogP contribution < -0.4 is 5.32 Å². The molecule has 0 amide bonds. The van der Waals surface area contributed by atoms with Crippen molar-refractivity contribution in [3.8, 4) is 0 Å². The molecule has 0 bridgehead atoms. The molecule has 13 heavy (non-hydrogen) atoms. The van der Waals surface area contributed by atoms with Crippen LogP contribution in [0.15, 0.2) is 24.5 Å². The van der Waals surface area contributed by atoms with Crippen molar-refractivity contribution in [2.75, 3.05) is 6.54 Å². The summed E-state index contributed by atoms with van der Waals surface area (Å²) in [7, 11) is 0. The topological polar surface area (TPSA) is 42.0 Å². The number of ketones is 1. The van der Waals surface area contributed by atoms with Gasteiger partial charge in [0.25, 0.3) is 0 Å². The van der Waals surface area contributed by atoms with Crippen LogP contribution in [0.2, 0.25) is 0 Å². The minimum Gasteiger partial charge on any atom is -0.303 e. The molecule has 1 unspecified atom stereocenters. The third-order valence-electron chi connectivity index (χ3n) is 1.86. The van der Waals surface area contributed by atoms with Gasteiger partial charge in [-0.15, -0.1) is 0 Å². The van der Waals surface area contributed by atoms with Gasteiger partial charge in [-0.2, -0.15) is 0 Å². The van der Waals surface area contributed by atoms with Crippen molar-refractivity contribution >= 4 is 5.78 Å². The van der Waals surface area contributed by atoms with Crippen LogP contribution in [0, 0.1) is 0 Å². The van der Waals surface area contributed by atoms with Crippen LogP contribution in [-0.4, -0.2) is 17.3 Å². The van der Waals surface area contributed by atoms with E-state index in [1.165, 1.54) is 0 Å². The average molecular weight is 178 g/mol. The molecule has 1 atom stereocenters. The predicted octanol–water partition coefficient (Wildman–Crippen LogP) is 1.32. The van der Waals surface area contributed by atoms with Gasteiger partial charge in [-0.3, -0.25) is 9.78 Å². The van der Waals surface area contributed by atoms with Gasteiger partial charge in [0.1, 0.15) is 5.78 Å². The van der Waals surface area contributed by atoms with Crippen LogP contribution in [-0.2, 0) is 4.79 Å². The highest BCUT2D eigenvalue weighted by molar-refractivity contribution is 5.77. The van der Waals surface area contributed by atoms with Crippen molar-refractivity contribution in [1.82, 2.24) is 10.3 Å². The summed E-state index contributed by atoms with van der Waals surface area (Å²) in [5.74, 6) is 0.154. The highest BCUT2D eigenvalue weighted by Crippen LogP contribution is 2.09. The molecule has 0 fully saturated rings. The molecule has 70 valence electrons. The summed E-state index contributed by atoms with van der Waals surface area (Å²) >= 11 is 0. The second-order valence-corrected chi connectivity index (χ2v) is 3.09. The van der Waals surface area contributed by atoms with Gasteiger partial charge in [-0.25, -0.2) is 0 Å². The predicted molar refractivity (Wildman–Crippen MR) is 51.3 cm³/mol. The summed E-state index contributed by atoms with van der Waals surface area (Å²) < 4.78 is 0. The summed E-state index contributed by atoms with van der Waals surface area (Å²) in [5.41, 5.74) is 1.15. The summed E-state index contributed by atoms with van der Waals surface area (Å²) in [6.07, 6.45) is 3.50. The summed E-state index contributed by atoms with van der Waals surface area (Å²) in [4.78, 5) is 14.6. The lowest BCUT2D eigenvalue weighted by atomic mass is 10.1. The van der Waals surface area contributed by atoms with Crippen molar-refractivity contribution in [1.29, 1.82) is 0 Å². The zero-order chi connectivity index (χ0) is 9.68. The fourth-order valence-electron chi connectivity index (χ4n) is 1.07. The molecule has 1 aromatic rings.